The van der Waals surface area contributed by atoms with E-state index in [4.69, 9.17) is 9.47 Å². The molecule has 0 fully saturated rings. The van der Waals surface area contributed by atoms with Gasteiger partial charge in [-0.2, -0.15) is 0 Å². The van der Waals surface area contributed by atoms with Crippen LogP contribution in [0.1, 0.15) is 32.3 Å². The number of carbonyl (C=O) groups excluding carboxylic acids is 1. The summed E-state index contributed by atoms with van der Waals surface area (Å²) in [6, 6.07) is 9.34. The number of hydrogen-bond donors (Lipinski definition) is 1. The molecule has 1 amide bonds. The van der Waals surface area contributed by atoms with Gasteiger partial charge < -0.3 is 14.8 Å². The number of halogens is 2. The molecule has 0 atom stereocenters. The van der Waals surface area contributed by atoms with Gasteiger partial charge in [0.15, 0.2) is 5.75 Å². The van der Waals surface area contributed by atoms with Gasteiger partial charge in [0.05, 0.1) is 16.1 Å². The third-order valence-electron chi connectivity index (χ3n) is 3.36. The van der Waals surface area contributed by atoms with Crippen molar-refractivity contribution in [1.29, 1.82) is 0 Å². The standard InChI is InChI=1S/C18H19Br2NO3/c1-10(2)14-9-13(5-6-17(14)23-4)24-18-15(19)7-12(8-16(18)20)21-11(3)22/h5-10H,1-4H3,(H,21,22). The molecule has 0 bridgehead atoms. The first-order chi connectivity index (χ1) is 11.3. The van der Waals surface area contributed by atoms with E-state index in [-0.39, 0.29) is 5.91 Å². The predicted octanol–water partition coefficient (Wildman–Crippen LogP) is 6.09. The fourth-order valence-electron chi connectivity index (χ4n) is 2.28. The lowest BCUT2D eigenvalue weighted by Crippen LogP contribution is -2.05. The van der Waals surface area contributed by atoms with Gasteiger partial charge in [-0.15, -0.1) is 0 Å². The highest BCUT2D eigenvalue weighted by Gasteiger charge is 2.14. The maximum absolute atomic E-state index is 11.2. The molecule has 0 radical (unpaired) electrons. The van der Waals surface area contributed by atoms with Crippen molar-refractivity contribution in [3.05, 3.63) is 44.8 Å². The summed E-state index contributed by atoms with van der Waals surface area (Å²) >= 11 is 6.98. The molecule has 4 nitrogen and oxygen atoms in total. The summed E-state index contributed by atoms with van der Waals surface area (Å²) in [4.78, 5) is 11.2. The summed E-state index contributed by atoms with van der Waals surface area (Å²) in [6.45, 7) is 5.68. The van der Waals surface area contributed by atoms with Gasteiger partial charge in [0, 0.05) is 18.2 Å². The fraction of sp³-hybridized carbons (Fsp3) is 0.278. The number of benzene rings is 2. The van der Waals surface area contributed by atoms with Gasteiger partial charge in [-0.05, 0) is 68.1 Å². The Hall–Kier alpha value is -1.53. The van der Waals surface area contributed by atoms with E-state index in [0.29, 0.717) is 23.1 Å². The molecule has 0 unspecified atom stereocenters. The van der Waals surface area contributed by atoms with Crippen molar-refractivity contribution < 1.29 is 14.3 Å². The minimum Gasteiger partial charge on any atom is -0.496 e. The van der Waals surface area contributed by atoms with Crippen LogP contribution >= 0.6 is 31.9 Å². The van der Waals surface area contributed by atoms with Crippen molar-refractivity contribution in [2.45, 2.75) is 26.7 Å². The van der Waals surface area contributed by atoms with Crippen molar-refractivity contribution >= 4 is 43.5 Å². The van der Waals surface area contributed by atoms with Crippen LogP contribution < -0.4 is 14.8 Å². The molecule has 128 valence electrons. The van der Waals surface area contributed by atoms with Crippen LogP contribution in [0.2, 0.25) is 0 Å². The first-order valence-electron chi connectivity index (χ1n) is 7.44. The van der Waals surface area contributed by atoms with E-state index in [0.717, 1.165) is 20.3 Å². The quantitative estimate of drug-likeness (QED) is 0.591. The SMILES string of the molecule is COc1ccc(Oc2c(Br)cc(NC(C)=O)cc2Br)cc1C(C)C. The van der Waals surface area contributed by atoms with Gasteiger partial charge in [0.2, 0.25) is 5.91 Å². The first kappa shape index (κ1) is 18.8. The van der Waals surface area contributed by atoms with Crippen molar-refractivity contribution in [1.82, 2.24) is 0 Å². The maximum Gasteiger partial charge on any atom is 0.221 e. The van der Waals surface area contributed by atoms with Crippen molar-refractivity contribution in [2.75, 3.05) is 12.4 Å². The van der Waals surface area contributed by atoms with E-state index in [9.17, 15) is 4.79 Å². The minimum absolute atomic E-state index is 0.126. The van der Waals surface area contributed by atoms with Crippen LogP contribution in [0.5, 0.6) is 17.2 Å². The molecule has 0 saturated carbocycles. The molecular weight excluding hydrogens is 438 g/mol. The molecule has 0 aromatic heterocycles. The maximum atomic E-state index is 11.2. The third kappa shape index (κ3) is 4.51. The summed E-state index contributed by atoms with van der Waals surface area (Å²) in [5, 5.41) is 2.75. The van der Waals surface area contributed by atoms with Crippen LogP contribution in [-0.4, -0.2) is 13.0 Å². The molecule has 0 aliphatic heterocycles. The van der Waals surface area contributed by atoms with Crippen LogP contribution in [0.15, 0.2) is 39.3 Å². The highest BCUT2D eigenvalue weighted by Crippen LogP contribution is 2.40. The van der Waals surface area contributed by atoms with Crippen LogP contribution in [0.4, 0.5) is 5.69 Å². The van der Waals surface area contributed by atoms with Gasteiger partial charge >= 0.3 is 0 Å². The van der Waals surface area contributed by atoms with Gasteiger partial charge in [-0.3, -0.25) is 4.79 Å². The molecule has 1 N–H and O–H groups in total. The van der Waals surface area contributed by atoms with Crippen molar-refractivity contribution in [3.8, 4) is 17.2 Å². The number of hydrogen-bond acceptors (Lipinski definition) is 3. The lowest BCUT2D eigenvalue weighted by Gasteiger charge is -2.16. The molecule has 24 heavy (non-hydrogen) atoms. The highest BCUT2D eigenvalue weighted by molar-refractivity contribution is 9.11. The minimum atomic E-state index is -0.126. The largest absolute Gasteiger partial charge is 0.496 e. The lowest BCUT2D eigenvalue weighted by atomic mass is 10.0. The Labute approximate surface area is 158 Å². The average Bonchev–Trinajstić information content (AvgIpc) is 2.50. The van der Waals surface area contributed by atoms with Crippen LogP contribution in [0, 0.1) is 0 Å². The van der Waals surface area contributed by atoms with E-state index < -0.39 is 0 Å². The zero-order chi connectivity index (χ0) is 17.9. The molecule has 0 saturated heterocycles. The van der Waals surface area contributed by atoms with Crippen LogP contribution in [0.3, 0.4) is 0 Å². The Morgan fingerprint density at radius 2 is 1.75 bits per heavy atom. The summed E-state index contributed by atoms with van der Waals surface area (Å²) < 4.78 is 12.9. The van der Waals surface area contributed by atoms with Gasteiger partial charge in [0.1, 0.15) is 11.5 Å². The lowest BCUT2D eigenvalue weighted by molar-refractivity contribution is -0.114. The van der Waals surface area contributed by atoms with E-state index in [1.165, 1.54) is 6.92 Å². The summed E-state index contributed by atoms with van der Waals surface area (Å²) in [6.07, 6.45) is 0. The Bertz CT molecular complexity index is 737. The average molecular weight is 457 g/mol. The van der Waals surface area contributed by atoms with Gasteiger partial charge in [-0.1, -0.05) is 13.8 Å². The second kappa shape index (κ2) is 8.03. The first-order valence-corrected chi connectivity index (χ1v) is 9.02. The molecule has 0 aliphatic carbocycles. The number of amides is 1. The molecular formula is C18H19Br2NO3. The third-order valence-corrected chi connectivity index (χ3v) is 4.54. The number of ether oxygens (including phenoxy) is 2. The summed E-state index contributed by atoms with van der Waals surface area (Å²) in [7, 11) is 1.66. The van der Waals surface area contributed by atoms with E-state index in [1.54, 1.807) is 19.2 Å². The van der Waals surface area contributed by atoms with E-state index in [2.05, 4.69) is 51.0 Å². The van der Waals surface area contributed by atoms with E-state index >= 15 is 0 Å². The zero-order valence-electron chi connectivity index (χ0n) is 13.9. The molecule has 0 spiro atoms. The Morgan fingerprint density at radius 3 is 2.25 bits per heavy atom. The Kier molecular flexibility index (Phi) is 6.29. The predicted molar refractivity (Wildman–Crippen MR) is 103 cm³/mol. The second-order valence-electron chi connectivity index (χ2n) is 5.61. The van der Waals surface area contributed by atoms with Gasteiger partial charge in [0.25, 0.3) is 0 Å². The highest BCUT2D eigenvalue weighted by atomic mass is 79.9. The molecule has 0 aliphatic rings. The zero-order valence-corrected chi connectivity index (χ0v) is 17.1. The van der Waals surface area contributed by atoms with Crippen molar-refractivity contribution in [2.24, 2.45) is 0 Å². The fourth-order valence-corrected chi connectivity index (χ4v) is 3.63. The summed E-state index contributed by atoms with van der Waals surface area (Å²) in [5.41, 5.74) is 1.77. The number of nitrogens with one attached hydrogen (secondary N) is 1. The molecule has 6 heteroatoms. The number of anilines is 1. The smallest absolute Gasteiger partial charge is 0.221 e. The summed E-state index contributed by atoms with van der Waals surface area (Å²) in [5.74, 6) is 2.39. The Morgan fingerprint density at radius 1 is 1.12 bits per heavy atom. The topological polar surface area (TPSA) is 47.6 Å². The van der Waals surface area contributed by atoms with Crippen molar-refractivity contribution in [3.63, 3.8) is 0 Å². The van der Waals surface area contributed by atoms with Gasteiger partial charge in [-0.25, -0.2) is 0 Å². The number of carbonyl (C=O) groups is 1. The number of methoxy groups -OCH3 is 1. The monoisotopic (exact) mass is 455 g/mol. The molecule has 2 aromatic carbocycles. The normalized spacial score (nSPS) is 10.6. The van der Waals surface area contributed by atoms with Crippen LogP contribution in [0.25, 0.3) is 0 Å². The second-order valence-corrected chi connectivity index (χ2v) is 7.32. The van der Waals surface area contributed by atoms with E-state index in [1.807, 2.05) is 18.2 Å². The molecule has 0 heterocycles. The Balaban J connectivity index is 2.34. The molecule has 2 aromatic rings. The number of rotatable bonds is 5. The van der Waals surface area contributed by atoms with Crippen LogP contribution in [-0.2, 0) is 4.79 Å². The molecule has 2 rings (SSSR count).